The van der Waals surface area contributed by atoms with Gasteiger partial charge in [0.1, 0.15) is 5.69 Å². The zero-order valence-electron chi connectivity index (χ0n) is 8.77. The topological polar surface area (TPSA) is 45.2 Å². The summed E-state index contributed by atoms with van der Waals surface area (Å²) >= 11 is 1.46. The summed E-state index contributed by atoms with van der Waals surface area (Å²) in [5, 5.41) is 5.10. The van der Waals surface area contributed by atoms with Crippen LogP contribution >= 0.6 is 11.3 Å². The molecule has 0 aromatic carbocycles. The molecular formula is C10H15N3OS. The number of nitrogens with zero attached hydrogens (tertiary/aromatic N) is 2. The molecular weight excluding hydrogens is 210 g/mol. The molecule has 4 nitrogen and oxygen atoms in total. The zero-order valence-corrected chi connectivity index (χ0v) is 9.59. The van der Waals surface area contributed by atoms with E-state index in [2.05, 4.69) is 10.3 Å². The summed E-state index contributed by atoms with van der Waals surface area (Å²) in [7, 11) is 1.86. The van der Waals surface area contributed by atoms with Gasteiger partial charge in [0.25, 0.3) is 5.91 Å². The zero-order chi connectivity index (χ0) is 10.7. The molecule has 1 amide bonds. The highest BCUT2D eigenvalue weighted by Crippen LogP contribution is 2.12. The minimum absolute atomic E-state index is 0.0324. The average molecular weight is 225 g/mol. The molecule has 15 heavy (non-hydrogen) atoms. The third-order valence-electron chi connectivity index (χ3n) is 2.79. The number of thiazole rings is 1. The number of carbonyl (C=O) groups is 1. The van der Waals surface area contributed by atoms with E-state index in [1.54, 1.807) is 15.8 Å². The van der Waals surface area contributed by atoms with Gasteiger partial charge in [0.15, 0.2) is 0 Å². The van der Waals surface area contributed by atoms with Crippen molar-refractivity contribution < 1.29 is 4.79 Å². The maximum Gasteiger partial charge on any atom is 0.273 e. The van der Waals surface area contributed by atoms with Gasteiger partial charge < -0.3 is 10.2 Å². The first-order valence-electron chi connectivity index (χ1n) is 5.15. The van der Waals surface area contributed by atoms with E-state index in [0.29, 0.717) is 11.7 Å². The summed E-state index contributed by atoms with van der Waals surface area (Å²) in [5.41, 5.74) is 2.26. The van der Waals surface area contributed by atoms with Gasteiger partial charge in [-0.25, -0.2) is 4.98 Å². The fourth-order valence-electron chi connectivity index (χ4n) is 1.83. The van der Waals surface area contributed by atoms with E-state index in [4.69, 9.17) is 0 Å². The molecule has 2 rings (SSSR count). The lowest BCUT2D eigenvalue weighted by Gasteiger charge is -2.31. The maximum absolute atomic E-state index is 11.9. The molecule has 82 valence electrons. The van der Waals surface area contributed by atoms with Crippen LogP contribution in [0.3, 0.4) is 0 Å². The lowest BCUT2D eigenvalue weighted by atomic mass is 10.1. The van der Waals surface area contributed by atoms with Gasteiger partial charge in [0.2, 0.25) is 0 Å². The minimum atomic E-state index is 0.0324. The quantitative estimate of drug-likeness (QED) is 0.815. The molecule has 1 saturated heterocycles. The van der Waals surface area contributed by atoms with Crippen LogP contribution in [0.25, 0.3) is 0 Å². The van der Waals surface area contributed by atoms with Crippen LogP contribution in [0.4, 0.5) is 0 Å². The Balaban J connectivity index is 2.00. The van der Waals surface area contributed by atoms with E-state index in [-0.39, 0.29) is 5.91 Å². The highest BCUT2D eigenvalue weighted by atomic mass is 32.1. The highest BCUT2D eigenvalue weighted by molar-refractivity contribution is 7.07. The lowest BCUT2D eigenvalue weighted by molar-refractivity contribution is 0.0703. The van der Waals surface area contributed by atoms with Gasteiger partial charge in [0, 0.05) is 25.0 Å². The Kier molecular flexibility index (Phi) is 3.33. The molecule has 0 aliphatic carbocycles. The largest absolute Gasteiger partial charge is 0.336 e. The molecule has 0 saturated carbocycles. The molecule has 0 spiro atoms. The second kappa shape index (κ2) is 4.72. The second-order valence-corrected chi connectivity index (χ2v) is 4.51. The smallest absolute Gasteiger partial charge is 0.273 e. The van der Waals surface area contributed by atoms with Crippen molar-refractivity contribution in [1.82, 2.24) is 15.2 Å². The molecule has 1 unspecified atom stereocenters. The van der Waals surface area contributed by atoms with Gasteiger partial charge in [-0.05, 0) is 19.4 Å². The highest BCUT2D eigenvalue weighted by Gasteiger charge is 2.23. The molecule has 1 aliphatic heterocycles. The van der Waals surface area contributed by atoms with Crippen LogP contribution in [-0.4, -0.2) is 42.0 Å². The van der Waals surface area contributed by atoms with Crippen molar-refractivity contribution in [3.8, 4) is 0 Å². The molecule has 5 heteroatoms. The molecule has 0 bridgehead atoms. The van der Waals surface area contributed by atoms with Crippen LogP contribution in [0.2, 0.25) is 0 Å². The summed E-state index contributed by atoms with van der Waals surface area (Å²) in [6.45, 7) is 1.96. The molecule has 1 aliphatic rings. The number of hydrogen-bond acceptors (Lipinski definition) is 4. The second-order valence-electron chi connectivity index (χ2n) is 3.79. The first-order valence-corrected chi connectivity index (χ1v) is 6.09. The van der Waals surface area contributed by atoms with Crippen molar-refractivity contribution in [3.63, 3.8) is 0 Å². The van der Waals surface area contributed by atoms with E-state index < -0.39 is 0 Å². The Hall–Kier alpha value is -0.940. The number of piperidine rings is 1. The van der Waals surface area contributed by atoms with Crippen LogP contribution in [-0.2, 0) is 0 Å². The van der Waals surface area contributed by atoms with Crippen LogP contribution in [0.5, 0.6) is 0 Å². The fourth-order valence-corrected chi connectivity index (χ4v) is 2.35. The van der Waals surface area contributed by atoms with Crippen molar-refractivity contribution >= 4 is 17.2 Å². The van der Waals surface area contributed by atoms with Gasteiger partial charge in [-0.15, -0.1) is 11.3 Å². The third-order valence-corrected chi connectivity index (χ3v) is 3.38. The molecule has 1 fully saturated rings. The van der Waals surface area contributed by atoms with E-state index >= 15 is 0 Å². The van der Waals surface area contributed by atoms with Crippen molar-refractivity contribution in [2.24, 2.45) is 0 Å². The Morgan fingerprint density at radius 1 is 1.73 bits per heavy atom. The van der Waals surface area contributed by atoms with Gasteiger partial charge in [0.05, 0.1) is 5.51 Å². The summed E-state index contributed by atoms with van der Waals surface area (Å²) in [6, 6.07) is 0.313. The molecule has 0 radical (unpaired) electrons. The van der Waals surface area contributed by atoms with E-state index in [0.717, 1.165) is 25.9 Å². The third kappa shape index (κ3) is 2.35. The Bertz CT molecular complexity index is 319. The number of aromatic nitrogens is 1. The summed E-state index contributed by atoms with van der Waals surface area (Å²) < 4.78 is 0. The molecule has 2 heterocycles. The van der Waals surface area contributed by atoms with Gasteiger partial charge >= 0.3 is 0 Å². The van der Waals surface area contributed by atoms with Crippen molar-refractivity contribution in [2.75, 3.05) is 20.1 Å². The molecule has 1 atom stereocenters. The van der Waals surface area contributed by atoms with E-state index in [9.17, 15) is 4.79 Å². The normalized spacial score (nSPS) is 21.3. The number of likely N-dealkylation sites (N-methyl/N-ethyl adjacent to an activating group) is 1. The van der Waals surface area contributed by atoms with E-state index in [1.165, 1.54) is 11.3 Å². The lowest BCUT2D eigenvalue weighted by Crippen LogP contribution is -2.46. The molecule has 1 aromatic rings. The number of nitrogens with one attached hydrogen (secondary N) is 1. The number of carbonyl (C=O) groups excluding carboxylic acids is 1. The van der Waals surface area contributed by atoms with Crippen LogP contribution in [0.1, 0.15) is 23.3 Å². The standard InChI is InChI=1S/C10H15N3OS/c1-13(8-3-2-4-11-5-8)10(14)9-6-15-7-12-9/h6-8,11H,2-5H2,1H3. The number of rotatable bonds is 2. The van der Waals surface area contributed by atoms with E-state index in [1.807, 2.05) is 7.05 Å². The van der Waals surface area contributed by atoms with Crippen LogP contribution in [0, 0.1) is 0 Å². The van der Waals surface area contributed by atoms with Gasteiger partial charge in [-0.3, -0.25) is 4.79 Å². The fraction of sp³-hybridized carbons (Fsp3) is 0.600. The SMILES string of the molecule is CN(C(=O)c1cscn1)C1CCCNC1. The van der Waals surface area contributed by atoms with Crippen molar-refractivity contribution in [3.05, 3.63) is 16.6 Å². The first kappa shape index (κ1) is 10.6. The summed E-state index contributed by atoms with van der Waals surface area (Å²) in [4.78, 5) is 17.8. The first-order chi connectivity index (χ1) is 7.29. The number of hydrogen-bond donors (Lipinski definition) is 1. The summed E-state index contributed by atoms with van der Waals surface area (Å²) in [6.07, 6.45) is 2.22. The predicted octanol–water partition coefficient (Wildman–Crippen LogP) is 0.967. The monoisotopic (exact) mass is 225 g/mol. The summed E-state index contributed by atoms with van der Waals surface area (Å²) in [5.74, 6) is 0.0324. The van der Waals surface area contributed by atoms with Crippen LogP contribution < -0.4 is 5.32 Å². The maximum atomic E-state index is 11.9. The average Bonchev–Trinajstić information content (AvgIpc) is 2.82. The predicted molar refractivity (Wildman–Crippen MR) is 60.1 cm³/mol. The van der Waals surface area contributed by atoms with Gasteiger partial charge in [-0.1, -0.05) is 0 Å². The Morgan fingerprint density at radius 2 is 2.60 bits per heavy atom. The Morgan fingerprint density at radius 3 is 3.20 bits per heavy atom. The van der Waals surface area contributed by atoms with Crippen LogP contribution in [0.15, 0.2) is 10.9 Å². The molecule has 1 aromatic heterocycles. The van der Waals surface area contributed by atoms with Gasteiger partial charge in [-0.2, -0.15) is 0 Å². The Labute approximate surface area is 93.3 Å². The van der Waals surface area contributed by atoms with Crippen molar-refractivity contribution in [1.29, 1.82) is 0 Å². The number of amides is 1. The van der Waals surface area contributed by atoms with Crippen molar-refractivity contribution in [2.45, 2.75) is 18.9 Å². The molecule has 1 N–H and O–H groups in total. The minimum Gasteiger partial charge on any atom is -0.336 e.